The zero-order chi connectivity index (χ0) is 23.6. The van der Waals surface area contributed by atoms with Crippen molar-refractivity contribution in [3.63, 3.8) is 0 Å². The van der Waals surface area contributed by atoms with Crippen LogP contribution in [0.2, 0.25) is 0 Å². The van der Waals surface area contributed by atoms with Crippen LogP contribution < -0.4 is 5.32 Å². The molecule has 1 aromatic carbocycles. The number of dihydropyridines is 1. The standard InChI is InChI=1S/C24H31N3O5.ClH/c1-7-18-21(22-26-24(5,6)13-14(3)32-22)20(16-10-9-11-17(12-16)27(29)30)19(15(4)25-18)23(28)31-8-2;/h9-12,14,20,25H,7-8,13H2,1-6H3;1H. The molecule has 33 heavy (non-hydrogen) atoms. The molecule has 1 aromatic rings. The third-order valence-electron chi connectivity index (χ3n) is 5.64. The first-order valence-corrected chi connectivity index (χ1v) is 11.0. The van der Waals surface area contributed by atoms with Crippen LogP contribution in [0, 0.1) is 10.1 Å². The van der Waals surface area contributed by atoms with Gasteiger partial charge >= 0.3 is 5.97 Å². The lowest BCUT2D eigenvalue weighted by molar-refractivity contribution is -0.384. The zero-order valence-electron chi connectivity index (χ0n) is 19.9. The molecule has 2 atom stereocenters. The summed E-state index contributed by atoms with van der Waals surface area (Å²) < 4.78 is 11.6. The highest BCUT2D eigenvalue weighted by molar-refractivity contribution is 6.02. The molecule has 180 valence electrons. The smallest absolute Gasteiger partial charge is 0.336 e. The minimum Gasteiger partial charge on any atom is -0.475 e. The Morgan fingerprint density at radius 2 is 2.06 bits per heavy atom. The maximum absolute atomic E-state index is 13.1. The molecule has 0 saturated heterocycles. The van der Waals surface area contributed by atoms with Gasteiger partial charge in [-0.1, -0.05) is 19.1 Å². The minimum atomic E-state index is -0.606. The molecular formula is C24H32ClN3O5. The van der Waals surface area contributed by atoms with Crippen LogP contribution >= 0.6 is 12.4 Å². The number of nitro groups is 1. The molecule has 0 amide bonds. The highest BCUT2D eigenvalue weighted by Gasteiger charge is 2.40. The van der Waals surface area contributed by atoms with Gasteiger partial charge in [-0.25, -0.2) is 9.79 Å². The number of nitrogens with one attached hydrogen (secondary N) is 1. The van der Waals surface area contributed by atoms with E-state index in [4.69, 9.17) is 14.5 Å². The van der Waals surface area contributed by atoms with E-state index in [9.17, 15) is 14.9 Å². The third kappa shape index (κ3) is 5.55. The summed E-state index contributed by atoms with van der Waals surface area (Å²) in [5.41, 5.74) is 2.89. The molecule has 0 radical (unpaired) electrons. The van der Waals surface area contributed by atoms with Crippen molar-refractivity contribution in [2.24, 2.45) is 4.99 Å². The van der Waals surface area contributed by atoms with Crippen molar-refractivity contribution >= 4 is 30.0 Å². The van der Waals surface area contributed by atoms with Gasteiger partial charge in [-0.2, -0.15) is 0 Å². The fourth-order valence-corrected chi connectivity index (χ4v) is 4.46. The van der Waals surface area contributed by atoms with E-state index in [1.165, 1.54) is 12.1 Å². The maximum atomic E-state index is 13.1. The second kappa shape index (κ2) is 10.4. The number of nitrogens with zero attached hydrogens (tertiary/aromatic N) is 2. The highest BCUT2D eigenvalue weighted by Crippen LogP contribution is 2.42. The Morgan fingerprint density at radius 1 is 1.36 bits per heavy atom. The van der Waals surface area contributed by atoms with Crippen LogP contribution in [0.1, 0.15) is 65.9 Å². The number of carbonyl (C=O) groups is 1. The van der Waals surface area contributed by atoms with Crippen LogP contribution in [0.4, 0.5) is 5.69 Å². The molecule has 0 fully saturated rings. The first-order chi connectivity index (χ1) is 15.1. The summed E-state index contributed by atoms with van der Waals surface area (Å²) in [6, 6.07) is 6.37. The zero-order valence-corrected chi connectivity index (χ0v) is 20.7. The van der Waals surface area contributed by atoms with Gasteiger partial charge in [0.25, 0.3) is 5.69 Å². The molecule has 1 N–H and O–H groups in total. The Kier molecular flexibility index (Phi) is 8.30. The number of halogens is 1. The van der Waals surface area contributed by atoms with E-state index >= 15 is 0 Å². The van der Waals surface area contributed by atoms with Gasteiger partial charge in [0.1, 0.15) is 0 Å². The molecule has 9 heteroatoms. The molecular weight excluding hydrogens is 446 g/mol. The predicted octanol–water partition coefficient (Wildman–Crippen LogP) is 5.19. The summed E-state index contributed by atoms with van der Waals surface area (Å²) in [6.07, 6.45) is 1.34. The van der Waals surface area contributed by atoms with Gasteiger partial charge in [0, 0.05) is 35.5 Å². The predicted molar refractivity (Wildman–Crippen MR) is 130 cm³/mol. The lowest BCUT2D eigenvalue weighted by atomic mass is 9.79. The number of allylic oxidation sites excluding steroid dienone is 2. The van der Waals surface area contributed by atoms with Crippen LogP contribution in [0.25, 0.3) is 0 Å². The number of esters is 1. The summed E-state index contributed by atoms with van der Waals surface area (Å²) in [4.78, 5) is 29.0. The topological polar surface area (TPSA) is 103 Å². The monoisotopic (exact) mass is 477 g/mol. The summed E-state index contributed by atoms with van der Waals surface area (Å²) in [6.45, 7) is 11.9. The van der Waals surface area contributed by atoms with Crippen molar-refractivity contribution in [1.29, 1.82) is 0 Å². The number of rotatable bonds is 6. The number of carbonyl (C=O) groups excluding carboxylic acids is 1. The number of non-ortho nitro benzene ring substituents is 1. The Hall–Kier alpha value is -2.87. The van der Waals surface area contributed by atoms with E-state index in [-0.39, 0.29) is 36.3 Å². The Balaban J connectivity index is 0.00000385. The Labute approximate surface area is 200 Å². The average molecular weight is 478 g/mol. The maximum Gasteiger partial charge on any atom is 0.336 e. The van der Waals surface area contributed by atoms with Crippen LogP contribution in [-0.4, -0.2) is 35.0 Å². The van der Waals surface area contributed by atoms with Crippen molar-refractivity contribution < 1.29 is 19.2 Å². The molecule has 0 bridgehead atoms. The number of nitro benzene ring substituents is 1. The summed E-state index contributed by atoms with van der Waals surface area (Å²) >= 11 is 0. The molecule has 0 aliphatic carbocycles. The van der Waals surface area contributed by atoms with E-state index in [1.54, 1.807) is 19.1 Å². The lowest BCUT2D eigenvalue weighted by Crippen LogP contribution is -2.39. The van der Waals surface area contributed by atoms with E-state index in [0.29, 0.717) is 29.2 Å². The fraction of sp³-hybridized carbons (Fsp3) is 0.500. The average Bonchev–Trinajstić information content (AvgIpc) is 2.71. The van der Waals surface area contributed by atoms with E-state index < -0.39 is 16.8 Å². The van der Waals surface area contributed by atoms with Gasteiger partial charge in [-0.3, -0.25) is 10.1 Å². The summed E-state index contributed by atoms with van der Waals surface area (Å²) in [5, 5.41) is 14.8. The van der Waals surface area contributed by atoms with Crippen molar-refractivity contribution in [3.05, 3.63) is 62.5 Å². The first kappa shape index (κ1) is 26.4. The van der Waals surface area contributed by atoms with Crippen molar-refractivity contribution in [2.75, 3.05) is 6.61 Å². The molecule has 2 aliphatic rings. The highest BCUT2D eigenvalue weighted by atomic mass is 35.5. The van der Waals surface area contributed by atoms with Gasteiger partial charge < -0.3 is 14.8 Å². The summed E-state index contributed by atoms with van der Waals surface area (Å²) in [5.74, 6) is -0.612. The second-order valence-electron chi connectivity index (χ2n) is 8.78. The fourth-order valence-electron chi connectivity index (χ4n) is 4.46. The number of aliphatic imine (C=N–C) groups is 1. The minimum absolute atomic E-state index is 0. The number of ether oxygens (including phenoxy) is 2. The van der Waals surface area contributed by atoms with Crippen molar-refractivity contribution in [3.8, 4) is 0 Å². The molecule has 0 saturated carbocycles. The second-order valence-corrected chi connectivity index (χ2v) is 8.78. The lowest BCUT2D eigenvalue weighted by Gasteiger charge is -2.37. The van der Waals surface area contributed by atoms with Crippen molar-refractivity contribution in [2.45, 2.75) is 71.9 Å². The van der Waals surface area contributed by atoms with E-state index in [2.05, 4.69) is 5.32 Å². The molecule has 2 heterocycles. The van der Waals surface area contributed by atoms with Crippen LogP contribution in [-0.2, 0) is 14.3 Å². The normalized spacial score (nSPS) is 21.9. The quantitative estimate of drug-likeness (QED) is 0.343. The molecule has 0 aromatic heterocycles. The van der Waals surface area contributed by atoms with Crippen LogP contribution in [0.15, 0.2) is 51.8 Å². The Bertz CT molecular complexity index is 1030. The largest absolute Gasteiger partial charge is 0.475 e. The van der Waals surface area contributed by atoms with Gasteiger partial charge in [0.2, 0.25) is 5.90 Å². The Morgan fingerprint density at radius 3 is 2.64 bits per heavy atom. The molecule has 0 spiro atoms. The van der Waals surface area contributed by atoms with Crippen LogP contribution in [0.3, 0.4) is 0 Å². The van der Waals surface area contributed by atoms with Gasteiger partial charge in [0.15, 0.2) is 0 Å². The van der Waals surface area contributed by atoms with Crippen molar-refractivity contribution in [1.82, 2.24) is 5.32 Å². The van der Waals surface area contributed by atoms with Gasteiger partial charge in [-0.05, 0) is 46.6 Å². The van der Waals surface area contributed by atoms with E-state index in [1.807, 2.05) is 34.6 Å². The SMILES string of the molecule is CCOC(=O)C1=C(C)NC(CC)=C(C2=NC(C)(C)CC(C)O2)C1c1cccc([N+](=O)[O-])c1.Cl. The number of benzene rings is 1. The molecule has 3 rings (SSSR count). The summed E-state index contributed by atoms with van der Waals surface area (Å²) in [7, 11) is 0. The number of hydrogen-bond acceptors (Lipinski definition) is 7. The molecule has 2 unspecified atom stereocenters. The van der Waals surface area contributed by atoms with Crippen LogP contribution in [0.5, 0.6) is 0 Å². The number of hydrogen-bond donors (Lipinski definition) is 1. The first-order valence-electron chi connectivity index (χ1n) is 11.0. The third-order valence-corrected chi connectivity index (χ3v) is 5.64. The molecule has 2 aliphatic heterocycles. The van der Waals surface area contributed by atoms with E-state index in [0.717, 1.165) is 17.7 Å². The van der Waals surface area contributed by atoms with Gasteiger partial charge in [-0.15, -0.1) is 12.4 Å². The molecule has 8 nitrogen and oxygen atoms in total. The van der Waals surface area contributed by atoms with Gasteiger partial charge in [0.05, 0.1) is 34.7 Å².